The molecule has 0 atom stereocenters. The van der Waals surface area contributed by atoms with Crippen molar-refractivity contribution < 1.29 is 4.79 Å². The van der Waals surface area contributed by atoms with E-state index in [0.717, 1.165) is 5.82 Å². The summed E-state index contributed by atoms with van der Waals surface area (Å²) in [5.41, 5.74) is 4.67. The van der Waals surface area contributed by atoms with E-state index in [-0.39, 0.29) is 10.9 Å². The number of amides is 1. The third-order valence-electron chi connectivity index (χ3n) is 2.51. The highest BCUT2D eigenvalue weighted by atomic mass is 32.1. The van der Waals surface area contributed by atoms with E-state index in [9.17, 15) is 4.79 Å². The van der Waals surface area contributed by atoms with Gasteiger partial charge in [-0.3, -0.25) is 4.79 Å². The van der Waals surface area contributed by atoms with Gasteiger partial charge in [-0.15, -0.1) is 0 Å². The Hall–Kier alpha value is -1.43. The molecule has 0 saturated heterocycles. The molecule has 0 fully saturated rings. The van der Waals surface area contributed by atoms with Crippen molar-refractivity contribution in [1.29, 1.82) is 0 Å². The van der Waals surface area contributed by atoms with Gasteiger partial charge in [0.1, 0.15) is 5.82 Å². The number of thiocarbonyl (C=S) groups is 1. The lowest BCUT2D eigenvalue weighted by atomic mass is 9.92. The molecule has 0 bridgehead atoms. The largest absolute Gasteiger partial charge is 0.392 e. The summed E-state index contributed by atoms with van der Waals surface area (Å²) in [6.45, 7) is 3.76. The fourth-order valence-corrected chi connectivity index (χ4v) is 1.15. The van der Waals surface area contributed by atoms with Crippen molar-refractivity contribution in [2.75, 3.05) is 0 Å². The molecule has 0 spiro atoms. The number of imidazole rings is 1. The van der Waals surface area contributed by atoms with Crippen molar-refractivity contribution >= 4 is 23.1 Å². The molecule has 88 valence electrons. The molecule has 1 aromatic heterocycles. The van der Waals surface area contributed by atoms with Gasteiger partial charge in [0.2, 0.25) is 5.91 Å². The monoisotopic (exact) mass is 240 g/mol. The second-order valence-electron chi connectivity index (χ2n) is 4.13. The highest BCUT2D eigenvalue weighted by Crippen LogP contribution is 2.15. The molecule has 1 aromatic rings. The molecule has 6 heteroatoms. The number of carbonyl (C=O) groups excluding carboxylic acids is 1. The molecule has 0 unspecified atom stereocenters. The highest BCUT2D eigenvalue weighted by molar-refractivity contribution is 7.80. The maximum absolute atomic E-state index is 11.8. The SMILES string of the molecule is Cn1ccnc1CNC(=O)C(C)(C)C(N)=S. The fourth-order valence-electron chi connectivity index (χ4n) is 1.06. The number of hydrogen-bond donors (Lipinski definition) is 2. The van der Waals surface area contributed by atoms with Crippen LogP contribution < -0.4 is 11.1 Å². The third kappa shape index (κ3) is 2.57. The van der Waals surface area contributed by atoms with Gasteiger partial charge >= 0.3 is 0 Å². The first kappa shape index (κ1) is 12.6. The van der Waals surface area contributed by atoms with E-state index in [4.69, 9.17) is 18.0 Å². The lowest BCUT2D eigenvalue weighted by Gasteiger charge is -2.21. The summed E-state index contributed by atoms with van der Waals surface area (Å²) in [6, 6.07) is 0. The van der Waals surface area contributed by atoms with Crippen LogP contribution in [-0.2, 0) is 18.4 Å². The van der Waals surface area contributed by atoms with Crippen LogP contribution in [0.4, 0.5) is 0 Å². The standard InChI is InChI=1S/C10H16N4OS/c1-10(2,8(11)16)9(15)13-6-7-12-4-5-14(7)3/h4-5H,6H2,1-3H3,(H2,11,16)(H,13,15). The number of nitrogens with zero attached hydrogens (tertiary/aromatic N) is 2. The van der Waals surface area contributed by atoms with Crippen LogP contribution in [0.5, 0.6) is 0 Å². The molecule has 0 aromatic carbocycles. The number of hydrogen-bond acceptors (Lipinski definition) is 3. The Balaban J connectivity index is 2.60. The van der Waals surface area contributed by atoms with E-state index in [0.29, 0.717) is 6.54 Å². The van der Waals surface area contributed by atoms with Crippen molar-refractivity contribution in [1.82, 2.24) is 14.9 Å². The molecular formula is C10H16N4OS. The summed E-state index contributed by atoms with van der Waals surface area (Å²) in [6.07, 6.45) is 3.50. The Morgan fingerprint density at radius 2 is 2.31 bits per heavy atom. The topological polar surface area (TPSA) is 72.9 Å². The van der Waals surface area contributed by atoms with E-state index in [2.05, 4.69) is 10.3 Å². The van der Waals surface area contributed by atoms with Crippen LogP contribution in [0.15, 0.2) is 12.4 Å². The summed E-state index contributed by atoms with van der Waals surface area (Å²) in [7, 11) is 1.87. The summed E-state index contributed by atoms with van der Waals surface area (Å²) < 4.78 is 1.84. The van der Waals surface area contributed by atoms with Crippen molar-refractivity contribution in [3.8, 4) is 0 Å². The second-order valence-corrected chi connectivity index (χ2v) is 4.57. The van der Waals surface area contributed by atoms with Crippen LogP contribution >= 0.6 is 12.2 Å². The zero-order valence-electron chi connectivity index (χ0n) is 9.65. The minimum Gasteiger partial charge on any atom is -0.392 e. The molecule has 0 aliphatic heterocycles. The summed E-state index contributed by atoms with van der Waals surface area (Å²) in [5.74, 6) is 0.593. The van der Waals surface area contributed by atoms with Crippen LogP contribution in [0.2, 0.25) is 0 Å². The average Bonchev–Trinajstić information content (AvgIpc) is 2.60. The van der Waals surface area contributed by atoms with Gasteiger partial charge in [-0.25, -0.2) is 4.98 Å². The van der Waals surface area contributed by atoms with Gasteiger partial charge in [0.05, 0.1) is 16.9 Å². The number of rotatable bonds is 4. The number of aromatic nitrogens is 2. The minimum atomic E-state index is -0.833. The molecule has 1 heterocycles. The zero-order valence-corrected chi connectivity index (χ0v) is 10.5. The molecule has 0 aliphatic rings. The number of carbonyl (C=O) groups is 1. The van der Waals surface area contributed by atoms with Gasteiger partial charge in [-0.05, 0) is 13.8 Å². The van der Waals surface area contributed by atoms with Gasteiger partial charge in [-0.1, -0.05) is 12.2 Å². The summed E-state index contributed by atoms with van der Waals surface area (Å²) >= 11 is 4.84. The molecule has 16 heavy (non-hydrogen) atoms. The van der Waals surface area contributed by atoms with Crippen LogP contribution in [-0.4, -0.2) is 20.4 Å². The van der Waals surface area contributed by atoms with E-state index in [1.54, 1.807) is 20.0 Å². The Labute approximate surface area is 100 Å². The van der Waals surface area contributed by atoms with E-state index >= 15 is 0 Å². The van der Waals surface area contributed by atoms with Crippen molar-refractivity contribution in [3.05, 3.63) is 18.2 Å². The first-order chi connectivity index (χ1) is 7.35. The fraction of sp³-hybridized carbons (Fsp3) is 0.500. The van der Waals surface area contributed by atoms with Gasteiger partial charge in [0.15, 0.2) is 0 Å². The quantitative estimate of drug-likeness (QED) is 0.745. The number of nitrogens with two attached hydrogens (primary N) is 1. The Kier molecular flexibility index (Phi) is 3.64. The van der Waals surface area contributed by atoms with Gasteiger partial charge in [0, 0.05) is 19.4 Å². The predicted octanol–water partition coefficient (Wildman–Crippen LogP) is 0.349. The smallest absolute Gasteiger partial charge is 0.232 e. The van der Waals surface area contributed by atoms with Crippen LogP contribution in [0.3, 0.4) is 0 Å². The molecule has 5 nitrogen and oxygen atoms in total. The average molecular weight is 240 g/mol. The van der Waals surface area contributed by atoms with E-state index in [1.807, 2.05) is 17.8 Å². The zero-order chi connectivity index (χ0) is 12.3. The van der Waals surface area contributed by atoms with E-state index in [1.165, 1.54) is 0 Å². The minimum absolute atomic E-state index is 0.185. The van der Waals surface area contributed by atoms with Crippen molar-refractivity contribution in [2.24, 2.45) is 18.2 Å². The first-order valence-corrected chi connectivity index (χ1v) is 5.31. The normalized spacial score (nSPS) is 11.2. The number of aryl methyl sites for hydroxylation is 1. The van der Waals surface area contributed by atoms with Gasteiger partial charge < -0.3 is 15.6 Å². The molecule has 0 aliphatic carbocycles. The first-order valence-electron chi connectivity index (χ1n) is 4.90. The maximum atomic E-state index is 11.8. The molecular weight excluding hydrogens is 224 g/mol. The van der Waals surface area contributed by atoms with Crippen LogP contribution in [0.25, 0.3) is 0 Å². The van der Waals surface area contributed by atoms with Gasteiger partial charge in [0.25, 0.3) is 0 Å². The van der Waals surface area contributed by atoms with Crippen molar-refractivity contribution in [3.63, 3.8) is 0 Å². The molecule has 1 amide bonds. The van der Waals surface area contributed by atoms with E-state index < -0.39 is 5.41 Å². The predicted molar refractivity (Wildman–Crippen MR) is 65.6 cm³/mol. The Bertz CT molecular complexity index is 411. The summed E-state index contributed by atoms with van der Waals surface area (Å²) in [5, 5.41) is 2.76. The third-order valence-corrected chi connectivity index (χ3v) is 3.02. The Morgan fingerprint density at radius 1 is 1.69 bits per heavy atom. The Morgan fingerprint density at radius 3 is 2.75 bits per heavy atom. The highest BCUT2D eigenvalue weighted by Gasteiger charge is 2.30. The molecule has 1 rings (SSSR count). The van der Waals surface area contributed by atoms with Crippen LogP contribution in [0, 0.1) is 5.41 Å². The second kappa shape index (κ2) is 4.61. The molecule has 0 radical (unpaired) electrons. The molecule has 3 N–H and O–H groups in total. The molecule has 0 saturated carbocycles. The lowest BCUT2D eigenvalue weighted by molar-refractivity contribution is -0.126. The van der Waals surface area contributed by atoms with Crippen molar-refractivity contribution in [2.45, 2.75) is 20.4 Å². The lowest BCUT2D eigenvalue weighted by Crippen LogP contribution is -2.44. The maximum Gasteiger partial charge on any atom is 0.232 e. The van der Waals surface area contributed by atoms with Crippen LogP contribution in [0.1, 0.15) is 19.7 Å². The van der Waals surface area contributed by atoms with Gasteiger partial charge in [-0.2, -0.15) is 0 Å². The number of nitrogens with one attached hydrogen (secondary N) is 1. The summed E-state index contributed by atoms with van der Waals surface area (Å²) in [4.78, 5) is 16.1.